The summed E-state index contributed by atoms with van der Waals surface area (Å²) in [5, 5.41) is 1.65. The van der Waals surface area contributed by atoms with E-state index in [1.807, 2.05) is 41.1 Å². The minimum atomic E-state index is -3.87. The third-order valence-corrected chi connectivity index (χ3v) is 5.81. The van der Waals surface area contributed by atoms with Crippen LogP contribution in [0, 0.1) is 5.82 Å². The molecule has 2 N–H and O–H groups in total. The van der Waals surface area contributed by atoms with Crippen molar-refractivity contribution in [3.8, 4) is 5.69 Å². The normalized spacial score (nSPS) is 11.7. The number of hydrogen-bond acceptors (Lipinski definition) is 4. The number of rotatable bonds is 6. The lowest BCUT2D eigenvalue weighted by atomic mass is 10.1. The molecule has 3 heterocycles. The molecule has 10 heteroatoms. The van der Waals surface area contributed by atoms with E-state index in [9.17, 15) is 12.8 Å². The lowest BCUT2D eigenvalue weighted by Gasteiger charge is -2.11. The van der Waals surface area contributed by atoms with Crippen LogP contribution in [0.3, 0.4) is 0 Å². The van der Waals surface area contributed by atoms with Crippen molar-refractivity contribution in [3.05, 3.63) is 83.2 Å². The molecule has 4 aromatic rings. The Labute approximate surface area is 177 Å². The van der Waals surface area contributed by atoms with Crippen molar-refractivity contribution in [1.82, 2.24) is 19.3 Å². The Hall–Kier alpha value is -3.01. The summed E-state index contributed by atoms with van der Waals surface area (Å²) in [6.07, 6.45) is 6.84. The zero-order valence-electron chi connectivity index (χ0n) is 15.8. The van der Waals surface area contributed by atoms with Gasteiger partial charge in [-0.15, -0.1) is 0 Å². The highest BCUT2D eigenvalue weighted by Crippen LogP contribution is 2.25. The van der Waals surface area contributed by atoms with Gasteiger partial charge < -0.3 is 4.57 Å². The molecule has 0 aliphatic carbocycles. The number of benzene rings is 1. The van der Waals surface area contributed by atoms with Crippen LogP contribution in [0.25, 0.3) is 16.6 Å². The number of nitrogens with one attached hydrogen (secondary N) is 2. The van der Waals surface area contributed by atoms with Crippen LogP contribution in [0.2, 0.25) is 5.02 Å². The maximum atomic E-state index is 14.8. The first-order chi connectivity index (χ1) is 14.4. The van der Waals surface area contributed by atoms with Gasteiger partial charge >= 0.3 is 0 Å². The quantitative estimate of drug-likeness (QED) is 0.474. The van der Waals surface area contributed by atoms with Gasteiger partial charge in [0.25, 0.3) is 10.2 Å². The van der Waals surface area contributed by atoms with Gasteiger partial charge in [0, 0.05) is 42.5 Å². The van der Waals surface area contributed by atoms with Gasteiger partial charge in [-0.1, -0.05) is 11.6 Å². The summed E-state index contributed by atoms with van der Waals surface area (Å²) in [5.74, 6) is -1.10. The summed E-state index contributed by atoms with van der Waals surface area (Å²) in [6, 6.07) is 11.0. The molecule has 0 aliphatic heterocycles. The van der Waals surface area contributed by atoms with Crippen LogP contribution >= 0.6 is 11.6 Å². The van der Waals surface area contributed by atoms with Gasteiger partial charge in [-0.25, -0.2) is 14.1 Å². The predicted molar refractivity (Wildman–Crippen MR) is 115 cm³/mol. The highest BCUT2D eigenvalue weighted by Gasteiger charge is 2.15. The first-order valence-electron chi connectivity index (χ1n) is 8.92. The van der Waals surface area contributed by atoms with Gasteiger partial charge in [-0.2, -0.15) is 8.42 Å². The summed E-state index contributed by atoms with van der Waals surface area (Å²) in [5.41, 5.74) is 2.84. The molecule has 0 spiro atoms. The van der Waals surface area contributed by atoms with Gasteiger partial charge in [0.15, 0.2) is 11.6 Å². The van der Waals surface area contributed by atoms with Gasteiger partial charge in [-0.3, -0.25) is 9.71 Å². The lowest BCUT2D eigenvalue weighted by molar-refractivity contribution is 0.589. The SMILES string of the molecule is CNS(=O)(=O)Nc1nccc(Cc2cncc(-n3ccc4cc(Cl)ccc43)c2)c1F. The molecule has 4 rings (SSSR count). The van der Waals surface area contributed by atoms with Crippen molar-refractivity contribution in [3.63, 3.8) is 0 Å². The van der Waals surface area contributed by atoms with E-state index in [0.717, 1.165) is 22.2 Å². The third kappa shape index (κ3) is 4.13. The second-order valence-corrected chi connectivity index (χ2v) is 8.62. The monoisotopic (exact) mass is 445 g/mol. The van der Waals surface area contributed by atoms with Crippen LogP contribution in [0.4, 0.5) is 10.2 Å². The molecule has 3 aromatic heterocycles. The molecule has 30 heavy (non-hydrogen) atoms. The van der Waals surface area contributed by atoms with Crippen LogP contribution < -0.4 is 9.44 Å². The maximum Gasteiger partial charge on any atom is 0.300 e. The standard InChI is InChI=1S/C20H17ClFN5O2S/c1-23-30(28,29)26-20-19(22)15(4-6-25-20)8-13-9-17(12-24-11-13)27-7-5-14-10-16(21)2-3-18(14)27/h2-7,9-12,23H,8H2,1H3,(H,25,26). The average Bonchev–Trinajstić information content (AvgIpc) is 3.14. The fourth-order valence-corrected chi connectivity index (χ4v) is 3.81. The number of pyridine rings is 2. The van der Waals surface area contributed by atoms with E-state index in [1.165, 1.54) is 19.3 Å². The van der Waals surface area contributed by atoms with Crippen molar-refractivity contribution in [2.45, 2.75) is 6.42 Å². The fraction of sp³-hybridized carbons (Fsp3) is 0.100. The molecule has 0 amide bonds. The van der Waals surface area contributed by atoms with Crippen LogP contribution in [0.15, 0.2) is 61.2 Å². The van der Waals surface area contributed by atoms with E-state index in [1.54, 1.807) is 12.4 Å². The minimum Gasteiger partial charge on any atom is -0.315 e. The summed E-state index contributed by atoms with van der Waals surface area (Å²) in [7, 11) is -2.65. The van der Waals surface area contributed by atoms with Gasteiger partial charge in [0.05, 0.1) is 17.4 Å². The van der Waals surface area contributed by atoms with E-state index >= 15 is 0 Å². The van der Waals surface area contributed by atoms with Gasteiger partial charge in [0.1, 0.15) is 0 Å². The second kappa shape index (κ2) is 8.02. The Balaban J connectivity index is 1.65. The summed E-state index contributed by atoms with van der Waals surface area (Å²) in [6.45, 7) is 0. The first kappa shape index (κ1) is 20.3. The van der Waals surface area contributed by atoms with E-state index in [-0.39, 0.29) is 12.2 Å². The topological polar surface area (TPSA) is 88.9 Å². The molecule has 154 valence electrons. The van der Waals surface area contributed by atoms with Crippen molar-refractivity contribution in [1.29, 1.82) is 0 Å². The smallest absolute Gasteiger partial charge is 0.300 e. The summed E-state index contributed by atoms with van der Waals surface area (Å²) >= 11 is 6.06. The highest BCUT2D eigenvalue weighted by molar-refractivity contribution is 7.90. The molecule has 0 unspecified atom stereocenters. The number of aromatic nitrogens is 3. The summed E-state index contributed by atoms with van der Waals surface area (Å²) < 4.78 is 44.2. The molecule has 0 fully saturated rings. The Morgan fingerprint density at radius 1 is 1.17 bits per heavy atom. The minimum absolute atomic E-state index is 0.217. The molecular formula is C20H17ClFN5O2S. The summed E-state index contributed by atoms with van der Waals surface area (Å²) in [4.78, 5) is 8.06. The zero-order chi connectivity index (χ0) is 21.3. The Morgan fingerprint density at radius 2 is 2.00 bits per heavy atom. The van der Waals surface area contributed by atoms with Crippen molar-refractivity contribution in [2.24, 2.45) is 0 Å². The number of anilines is 1. The maximum absolute atomic E-state index is 14.8. The predicted octanol–water partition coefficient (Wildman–Crippen LogP) is 3.68. The fourth-order valence-electron chi connectivity index (χ4n) is 3.13. The van der Waals surface area contributed by atoms with Crippen molar-refractivity contribution >= 4 is 38.5 Å². The average molecular weight is 446 g/mol. The van der Waals surface area contributed by atoms with Gasteiger partial charge in [-0.05, 0) is 47.5 Å². The van der Waals surface area contributed by atoms with E-state index in [2.05, 4.69) is 19.4 Å². The van der Waals surface area contributed by atoms with Crippen molar-refractivity contribution < 1.29 is 12.8 Å². The molecule has 0 saturated carbocycles. The largest absolute Gasteiger partial charge is 0.315 e. The van der Waals surface area contributed by atoms with Crippen LogP contribution in [-0.4, -0.2) is 30.0 Å². The number of halogens is 2. The number of nitrogens with zero attached hydrogens (tertiary/aromatic N) is 3. The second-order valence-electron chi connectivity index (χ2n) is 6.56. The van der Waals surface area contributed by atoms with Crippen LogP contribution in [0.5, 0.6) is 0 Å². The molecule has 0 saturated heterocycles. The molecule has 0 atom stereocenters. The Morgan fingerprint density at radius 3 is 2.80 bits per heavy atom. The highest BCUT2D eigenvalue weighted by atomic mass is 35.5. The van der Waals surface area contributed by atoms with Crippen LogP contribution in [0.1, 0.15) is 11.1 Å². The van der Waals surface area contributed by atoms with Gasteiger partial charge in [0.2, 0.25) is 0 Å². The molecule has 7 nitrogen and oxygen atoms in total. The van der Waals surface area contributed by atoms with E-state index in [0.29, 0.717) is 10.6 Å². The van der Waals surface area contributed by atoms with E-state index in [4.69, 9.17) is 11.6 Å². The Kier molecular flexibility index (Phi) is 5.42. The molecule has 0 aliphatic rings. The molecule has 0 radical (unpaired) electrons. The number of fused-ring (bicyclic) bond motifs is 1. The molecule has 0 bridgehead atoms. The zero-order valence-corrected chi connectivity index (χ0v) is 17.4. The molecular weight excluding hydrogens is 429 g/mol. The van der Waals surface area contributed by atoms with E-state index < -0.39 is 16.0 Å². The first-order valence-corrected chi connectivity index (χ1v) is 10.8. The van der Waals surface area contributed by atoms with Crippen LogP contribution in [-0.2, 0) is 16.6 Å². The Bertz CT molecular complexity index is 1340. The van der Waals surface area contributed by atoms with Crippen molar-refractivity contribution in [2.75, 3.05) is 11.8 Å². The lowest BCUT2D eigenvalue weighted by Crippen LogP contribution is -2.27. The number of hydrogen-bond donors (Lipinski definition) is 2. The third-order valence-electron chi connectivity index (χ3n) is 4.57. The molecule has 1 aromatic carbocycles.